The van der Waals surface area contributed by atoms with Crippen molar-refractivity contribution in [3.8, 4) is 11.8 Å². The minimum Gasteiger partial charge on any atom is -0.461 e. The molecule has 0 N–H and O–H groups in total. The highest BCUT2D eigenvalue weighted by Gasteiger charge is 2.15. The summed E-state index contributed by atoms with van der Waals surface area (Å²) >= 11 is 0. The summed E-state index contributed by atoms with van der Waals surface area (Å²) in [6.07, 6.45) is 1.26. The van der Waals surface area contributed by atoms with E-state index in [1.807, 2.05) is 19.1 Å². The van der Waals surface area contributed by atoms with Gasteiger partial charge in [0, 0.05) is 0 Å². The van der Waals surface area contributed by atoms with Crippen molar-refractivity contribution in [1.82, 2.24) is 4.98 Å². The van der Waals surface area contributed by atoms with E-state index in [9.17, 15) is 4.79 Å². The van der Waals surface area contributed by atoms with E-state index in [4.69, 9.17) is 13.9 Å². The molecule has 0 saturated heterocycles. The number of esters is 1. The van der Waals surface area contributed by atoms with Crippen molar-refractivity contribution in [2.24, 2.45) is 0 Å². The lowest BCUT2D eigenvalue weighted by atomic mass is 10.0. The molecule has 2 rings (SSSR count). The quantitative estimate of drug-likeness (QED) is 0.776. The Morgan fingerprint density at radius 3 is 2.81 bits per heavy atom. The molecule has 0 amide bonds. The van der Waals surface area contributed by atoms with Crippen molar-refractivity contribution < 1.29 is 18.7 Å². The van der Waals surface area contributed by atoms with E-state index in [1.54, 1.807) is 6.92 Å². The molecule has 0 radical (unpaired) electrons. The Bertz CT molecular complexity index is 631. The van der Waals surface area contributed by atoms with Gasteiger partial charge in [-0.05, 0) is 37.0 Å². The summed E-state index contributed by atoms with van der Waals surface area (Å²) in [5, 5.41) is 0. The Kier molecular flexibility index (Phi) is 4.62. The Labute approximate surface area is 123 Å². The summed E-state index contributed by atoms with van der Waals surface area (Å²) in [4.78, 5) is 15.5. The van der Waals surface area contributed by atoms with Gasteiger partial charge in [-0.2, -0.15) is 4.98 Å². The van der Waals surface area contributed by atoms with E-state index in [-0.39, 0.29) is 18.4 Å². The summed E-state index contributed by atoms with van der Waals surface area (Å²) < 4.78 is 15.6. The molecule has 0 spiro atoms. The first-order chi connectivity index (χ1) is 10.0. The number of hydrogen-bond acceptors (Lipinski definition) is 5. The van der Waals surface area contributed by atoms with Crippen LogP contribution in [-0.4, -0.2) is 17.6 Å². The molecule has 0 aliphatic heterocycles. The molecule has 0 unspecified atom stereocenters. The topological polar surface area (TPSA) is 61.6 Å². The van der Waals surface area contributed by atoms with Crippen molar-refractivity contribution in [1.29, 1.82) is 0 Å². The minimum absolute atomic E-state index is 0.0297. The molecule has 1 aromatic heterocycles. The standard InChI is InChI=1S/C16H19NO4/c1-5-19-15(18)13-9-20-16(17-13)21-14-8-12(10(2)3)7-6-11(14)4/h6-10H,5H2,1-4H3. The predicted octanol–water partition coefficient (Wildman–Crippen LogP) is 4.08. The number of aromatic nitrogens is 1. The molecule has 21 heavy (non-hydrogen) atoms. The number of carbonyl (C=O) groups is 1. The molecule has 112 valence electrons. The average molecular weight is 289 g/mol. The third-order valence-corrected chi connectivity index (χ3v) is 3.04. The molecule has 1 heterocycles. The van der Waals surface area contributed by atoms with Crippen molar-refractivity contribution >= 4 is 5.97 Å². The lowest BCUT2D eigenvalue weighted by Crippen LogP contribution is -2.04. The van der Waals surface area contributed by atoms with Crippen LogP contribution >= 0.6 is 0 Å². The molecule has 5 nitrogen and oxygen atoms in total. The number of carbonyl (C=O) groups excluding carboxylic acids is 1. The van der Waals surface area contributed by atoms with Gasteiger partial charge in [0.2, 0.25) is 0 Å². The molecular formula is C16H19NO4. The minimum atomic E-state index is -0.524. The second-order valence-electron chi connectivity index (χ2n) is 5.00. The van der Waals surface area contributed by atoms with Gasteiger partial charge in [-0.15, -0.1) is 0 Å². The maximum atomic E-state index is 11.5. The van der Waals surface area contributed by atoms with Gasteiger partial charge in [-0.25, -0.2) is 4.79 Å². The zero-order valence-electron chi connectivity index (χ0n) is 12.7. The lowest BCUT2D eigenvalue weighted by Gasteiger charge is -2.10. The summed E-state index contributed by atoms with van der Waals surface area (Å²) in [6.45, 7) is 8.18. The zero-order valence-corrected chi connectivity index (χ0v) is 12.7. The van der Waals surface area contributed by atoms with E-state index >= 15 is 0 Å². The maximum Gasteiger partial charge on any atom is 0.399 e. The molecule has 5 heteroatoms. The van der Waals surface area contributed by atoms with Gasteiger partial charge in [0.25, 0.3) is 0 Å². The van der Waals surface area contributed by atoms with Crippen LogP contribution in [0.15, 0.2) is 28.9 Å². The highest BCUT2D eigenvalue weighted by atomic mass is 16.6. The molecule has 0 bridgehead atoms. The van der Waals surface area contributed by atoms with E-state index in [0.29, 0.717) is 11.7 Å². The van der Waals surface area contributed by atoms with E-state index < -0.39 is 5.97 Å². The Morgan fingerprint density at radius 1 is 1.38 bits per heavy atom. The first-order valence-electron chi connectivity index (χ1n) is 6.92. The third kappa shape index (κ3) is 3.62. The predicted molar refractivity (Wildman–Crippen MR) is 77.8 cm³/mol. The molecule has 0 fully saturated rings. The normalized spacial score (nSPS) is 10.7. The van der Waals surface area contributed by atoms with E-state index in [2.05, 4.69) is 24.9 Å². The summed E-state index contributed by atoms with van der Waals surface area (Å²) in [5.41, 5.74) is 2.23. The highest BCUT2D eigenvalue weighted by molar-refractivity contribution is 5.86. The fourth-order valence-electron chi connectivity index (χ4n) is 1.78. The van der Waals surface area contributed by atoms with Crippen LogP contribution < -0.4 is 4.74 Å². The molecule has 1 aromatic carbocycles. The monoisotopic (exact) mass is 289 g/mol. The van der Waals surface area contributed by atoms with E-state index in [0.717, 1.165) is 11.1 Å². The second kappa shape index (κ2) is 6.43. The summed E-state index contributed by atoms with van der Waals surface area (Å²) in [5.74, 6) is 0.537. The Balaban J connectivity index is 2.18. The smallest absolute Gasteiger partial charge is 0.399 e. The number of rotatable bonds is 5. The zero-order chi connectivity index (χ0) is 15.4. The number of aryl methyl sites for hydroxylation is 1. The summed E-state index contributed by atoms with van der Waals surface area (Å²) in [6, 6.07) is 6.00. The van der Waals surface area contributed by atoms with Crippen molar-refractivity contribution in [3.63, 3.8) is 0 Å². The van der Waals surface area contributed by atoms with Crippen LogP contribution in [0.1, 0.15) is 48.3 Å². The van der Waals surface area contributed by atoms with Gasteiger partial charge < -0.3 is 13.9 Å². The molecule has 0 aliphatic carbocycles. The van der Waals surface area contributed by atoms with Gasteiger partial charge in [-0.3, -0.25) is 0 Å². The molecule has 0 saturated carbocycles. The Morgan fingerprint density at radius 2 is 2.14 bits per heavy atom. The van der Waals surface area contributed by atoms with Crippen LogP contribution in [0.5, 0.6) is 11.8 Å². The van der Waals surface area contributed by atoms with Crippen LogP contribution in [0, 0.1) is 6.92 Å². The number of benzene rings is 1. The molecule has 0 aliphatic rings. The molecule has 2 aromatic rings. The fraction of sp³-hybridized carbons (Fsp3) is 0.375. The number of oxazole rings is 1. The SMILES string of the molecule is CCOC(=O)c1coc(Oc2cc(C(C)C)ccc2C)n1. The first kappa shape index (κ1) is 15.1. The second-order valence-corrected chi connectivity index (χ2v) is 5.00. The van der Waals surface area contributed by atoms with Crippen LogP contribution in [0.3, 0.4) is 0 Å². The van der Waals surface area contributed by atoms with Crippen molar-refractivity contribution in [2.45, 2.75) is 33.6 Å². The highest BCUT2D eigenvalue weighted by Crippen LogP contribution is 2.28. The van der Waals surface area contributed by atoms with Crippen LogP contribution in [-0.2, 0) is 4.74 Å². The van der Waals surface area contributed by atoms with Gasteiger partial charge in [0.05, 0.1) is 6.61 Å². The van der Waals surface area contributed by atoms with E-state index in [1.165, 1.54) is 6.26 Å². The van der Waals surface area contributed by atoms with Crippen LogP contribution in [0.4, 0.5) is 0 Å². The first-order valence-corrected chi connectivity index (χ1v) is 6.92. The van der Waals surface area contributed by atoms with Crippen LogP contribution in [0.2, 0.25) is 0 Å². The molecule has 0 atom stereocenters. The summed E-state index contributed by atoms with van der Waals surface area (Å²) in [7, 11) is 0. The Hall–Kier alpha value is -2.30. The van der Waals surface area contributed by atoms with Gasteiger partial charge in [-0.1, -0.05) is 26.0 Å². The van der Waals surface area contributed by atoms with Crippen LogP contribution in [0.25, 0.3) is 0 Å². The van der Waals surface area contributed by atoms with Gasteiger partial charge >= 0.3 is 12.0 Å². The molecular weight excluding hydrogens is 270 g/mol. The fourth-order valence-corrected chi connectivity index (χ4v) is 1.78. The van der Waals surface area contributed by atoms with Crippen molar-refractivity contribution in [2.75, 3.05) is 6.61 Å². The maximum absolute atomic E-state index is 11.5. The number of nitrogens with zero attached hydrogens (tertiary/aromatic N) is 1. The average Bonchev–Trinajstić information content (AvgIpc) is 2.90. The number of ether oxygens (including phenoxy) is 2. The van der Waals surface area contributed by atoms with Gasteiger partial charge in [0.1, 0.15) is 12.0 Å². The number of hydrogen-bond donors (Lipinski definition) is 0. The van der Waals surface area contributed by atoms with Crippen molar-refractivity contribution in [3.05, 3.63) is 41.3 Å². The third-order valence-electron chi connectivity index (χ3n) is 3.04. The largest absolute Gasteiger partial charge is 0.461 e. The lowest BCUT2D eigenvalue weighted by molar-refractivity contribution is 0.0519. The van der Waals surface area contributed by atoms with Gasteiger partial charge in [0.15, 0.2) is 5.69 Å².